The van der Waals surface area contributed by atoms with Crippen molar-refractivity contribution in [3.8, 4) is 11.5 Å². The van der Waals surface area contributed by atoms with Crippen LogP contribution in [0.25, 0.3) is 11.5 Å². The number of carbonyl (C=O) groups excluding carboxylic acids is 1. The molecule has 0 saturated heterocycles. The Bertz CT molecular complexity index is 929. The first-order valence-corrected chi connectivity index (χ1v) is 8.89. The third kappa shape index (κ3) is 3.00. The second kappa shape index (κ2) is 6.74. The van der Waals surface area contributed by atoms with Gasteiger partial charge >= 0.3 is 0 Å². The number of oxazole rings is 1. The summed E-state index contributed by atoms with van der Waals surface area (Å²) in [6.45, 7) is 4.58. The summed E-state index contributed by atoms with van der Waals surface area (Å²) in [5.74, 6) is 2.16. The van der Waals surface area contributed by atoms with Gasteiger partial charge in [0, 0.05) is 18.5 Å². The van der Waals surface area contributed by atoms with E-state index in [1.54, 1.807) is 6.92 Å². The minimum atomic E-state index is -0.294. The number of nitrogens with one attached hydrogen (secondary N) is 1. The molecule has 0 fully saturated rings. The van der Waals surface area contributed by atoms with Gasteiger partial charge in [0.25, 0.3) is 5.91 Å². The van der Waals surface area contributed by atoms with Crippen molar-refractivity contribution in [2.24, 2.45) is 0 Å². The van der Waals surface area contributed by atoms with E-state index in [1.165, 1.54) is 0 Å². The zero-order valence-electron chi connectivity index (χ0n) is 14.9. The van der Waals surface area contributed by atoms with Gasteiger partial charge in [-0.05, 0) is 38.8 Å². The quantitative estimate of drug-likeness (QED) is 0.781. The molecule has 3 heterocycles. The van der Waals surface area contributed by atoms with Crippen LogP contribution in [0.2, 0.25) is 0 Å². The Hall–Kier alpha value is -2.96. The predicted molar refractivity (Wildman–Crippen MR) is 95.5 cm³/mol. The van der Waals surface area contributed by atoms with Gasteiger partial charge in [-0.3, -0.25) is 4.79 Å². The van der Waals surface area contributed by atoms with E-state index in [-0.39, 0.29) is 17.7 Å². The van der Waals surface area contributed by atoms with E-state index in [0.29, 0.717) is 11.6 Å². The third-order valence-corrected chi connectivity index (χ3v) is 4.65. The molecule has 7 heteroatoms. The molecule has 0 radical (unpaired) electrons. The van der Waals surface area contributed by atoms with Crippen molar-refractivity contribution in [3.63, 3.8) is 0 Å². The number of amides is 1. The SMILES string of the molecule is Cc1nc(-c2ccccc2)oc1C(=O)NC(C)c1nnc2n1CCCC2. The summed E-state index contributed by atoms with van der Waals surface area (Å²) in [5, 5.41) is 11.5. The summed E-state index contributed by atoms with van der Waals surface area (Å²) in [6.07, 6.45) is 3.19. The first-order valence-electron chi connectivity index (χ1n) is 8.89. The van der Waals surface area contributed by atoms with Crippen molar-refractivity contribution in [2.75, 3.05) is 0 Å². The van der Waals surface area contributed by atoms with Crippen molar-refractivity contribution >= 4 is 5.91 Å². The molecule has 0 saturated carbocycles. The fraction of sp³-hybridized carbons (Fsp3) is 0.368. The number of rotatable bonds is 4. The smallest absolute Gasteiger partial charge is 0.289 e. The highest BCUT2D eigenvalue weighted by molar-refractivity contribution is 5.93. The van der Waals surface area contributed by atoms with Crippen LogP contribution in [-0.2, 0) is 13.0 Å². The van der Waals surface area contributed by atoms with Crippen molar-refractivity contribution in [1.29, 1.82) is 0 Å². The third-order valence-electron chi connectivity index (χ3n) is 4.65. The zero-order valence-corrected chi connectivity index (χ0v) is 14.9. The van der Waals surface area contributed by atoms with Gasteiger partial charge in [0.15, 0.2) is 5.82 Å². The minimum absolute atomic E-state index is 0.231. The van der Waals surface area contributed by atoms with E-state index >= 15 is 0 Å². The monoisotopic (exact) mass is 351 g/mol. The molecule has 7 nitrogen and oxygen atoms in total. The number of hydrogen-bond donors (Lipinski definition) is 1. The molecule has 4 rings (SSSR count). The van der Waals surface area contributed by atoms with Crippen molar-refractivity contribution in [1.82, 2.24) is 25.1 Å². The van der Waals surface area contributed by atoms with Crippen LogP contribution in [0.1, 0.15) is 53.7 Å². The van der Waals surface area contributed by atoms with Crippen molar-refractivity contribution in [2.45, 2.75) is 45.7 Å². The summed E-state index contributed by atoms with van der Waals surface area (Å²) >= 11 is 0. The Morgan fingerprint density at radius 2 is 2.04 bits per heavy atom. The van der Waals surface area contributed by atoms with Crippen molar-refractivity contribution in [3.05, 3.63) is 53.4 Å². The highest BCUT2D eigenvalue weighted by atomic mass is 16.4. The molecule has 1 aliphatic rings. The molecule has 1 atom stereocenters. The Morgan fingerprint density at radius 3 is 2.85 bits per heavy atom. The van der Waals surface area contributed by atoms with E-state index in [0.717, 1.165) is 43.0 Å². The van der Waals surface area contributed by atoms with Gasteiger partial charge in [0.2, 0.25) is 11.7 Å². The Morgan fingerprint density at radius 1 is 1.23 bits per heavy atom. The summed E-state index contributed by atoms with van der Waals surface area (Å²) in [4.78, 5) is 17.1. The second-order valence-corrected chi connectivity index (χ2v) is 6.58. The summed E-state index contributed by atoms with van der Waals surface area (Å²) in [5.41, 5.74) is 1.41. The van der Waals surface area contributed by atoms with Crippen LogP contribution in [-0.4, -0.2) is 25.7 Å². The minimum Gasteiger partial charge on any atom is -0.431 e. The number of benzene rings is 1. The number of aryl methyl sites for hydroxylation is 2. The predicted octanol–water partition coefficient (Wildman–Crippen LogP) is 3.07. The maximum atomic E-state index is 12.7. The van der Waals surface area contributed by atoms with E-state index < -0.39 is 0 Å². The molecule has 1 aliphatic heterocycles. The number of carbonyl (C=O) groups is 1. The number of aromatic nitrogens is 4. The number of nitrogens with zero attached hydrogens (tertiary/aromatic N) is 4. The highest BCUT2D eigenvalue weighted by Crippen LogP contribution is 2.23. The van der Waals surface area contributed by atoms with Crippen LogP contribution in [0, 0.1) is 6.92 Å². The molecule has 26 heavy (non-hydrogen) atoms. The zero-order chi connectivity index (χ0) is 18.1. The van der Waals surface area contributed by atoms with E-state index in [4.69, 9.17) is 4.42 Å². The maximum Gasteiger partial charge on any atom is 0.289 e. The normalized spacial score (nSPS) is 14.7. The van der Waals surface area contributed by atoms with E-state index in [9.17, 15) is 4.79 Å². The molecule has 1 aromatic carbocycles. The standard InChI is InChI=1S/C19H21N5O2/c1-12-16(26-19(21-12)14-8-4-3-5-9-14)18(25)20-13(2)17-23-22-15-10-6-7-11-24(15)17/h3-5,8-9,13H,6-7,10-11H2,1-2H3,(H,20,25). The molecular formula is C19H21N5O2. The van der Waals surface area contributed by atoms with Crippen LogP contribution in [0.15, 0.2) is 34.7 Å². The van der Waals surface area contributed by atoms with Crippen molar-refractivity contribution < 1.29 is 9.21 Å². The first-order chi connectivity index (χ1) is 12.6. The maximum absolute atomic E-state index is 12.7. The lowest BCUT2D eigenvalue weighted by Crippen LogP contribution is -2.29. The van der Waals surface area contributed by atoms with Crippen LogP contribution in [0.5, 0.6) is 0 Å². The molecule has 0 aliphatic carbocycles. The molecule has 0 bridgehead atoms. The average molecular weight is 351 g/mol. The topological polar surface area (TPSA) is 85.8 Å². The summed E-state index contributed by atoms with van der Waals surface area (Å²) in [6, 6.07) is 9.28. The molecular weight excluding hydrogens is 330 g/mol. The number of hydrogen-bond acceptors (Lipinski definition) is 5. The average Bonchev–Trinajstić information content (AvgIpc) is 3.26. The van der Waals surface area contributed by atoms with Gasteiger partial charge in [0.1, 0.15) is 5.82 Å². The Labute approximate surface area is 151 Å². The molecule has 3 aromatic rings. The first kappa shape index (κ1) is 16.5. The lowest BCUT2D eigenvalue weighted by atomic mass is 10.1. The lowest BCUT2D eigenvalue weighted by Gasteiger charge is -2.18. The van der Waals surface area contributed by atoms with Crippen LogP contribution in [0.4, 0.5) is 0 Å². The summed E-state index contributed by atoms with van der Waals surface area (Å²) < 4.78 is 7.84. The van der Waals surface area contributed by atoms with Crippen LogP contribution >= 0.6 is 0 Å². The molecule has 134 valence electrons. The molecule has 2 aromatic heterocycles. The molecule has 0 spiro atoms. The fourth-order valence-corrected chi connectivity index (χ4v) is 3.29. The summed E-state index contributed by atoms with van der Waals surface area (Å²) in [7, 11) is 0. The van der Waals surface area contributed by atoms with Gasteiger partial charge in [-0.1, -0.05) is 18.2 Å². The second-order valence-electron chi connectivity index (χ2n) is 6.58. The van der Waals surface area contributed by atoms with Crippen LogP contribution in [0.3, 0.4) is 0 Å². The Kier molecular flexibility index (Phi) is 4.28. The largest absolute Gasteiger partial charge is 0.431 e. The molecule has 1 unspecified atom stereocenters. The van der Waals surface area contributed by atoms with Gasteiger partial charge in [-0.15, -0.1) is 10.2 Å². The van der Waals surface area contributed by atoms with E-state index in [1.807, 2.05) is 37.3 Å². The van der Waals surface area contributed by atoms with Crippen LogP contribution < -0.4 is 5.32 Å². The van der Waals surface area contributed by atoms with Gasteiger partial charge < -0.3 is 14.3 Å². The fourth-order valence-electron chi connectivity index (χ4n) is 3.29. The molecule has 1 amide bonds. The van der Waals surface area contributed by atoms with Gasteiger partial charge in [-0.2, -0.15) is 0 Å². The van der Waals surface area contributed by atoms with Gasteiger partial charge in [-0.25, -0.2) is 4.98 Å². The Balaban J connectivity index is 1.53. The number of fused-ring (bicyclic) bond motifs is 1. The highest BCUT2D eigenvalue weighted by Gasteiger charge is 2.24. The van der Waals surface area contributed by atoms with Gasteiger partial charge in [0.05, 0.1) is 11.7 Å². The lowest BCUT2D eigenvalue weighted by molar-refractivity contribution is 0.0909. The molecule has 1 N–H and O–H groups in total. The van der Waals surface area contributed by atoms with E-state index in [2.05, 4.69) is 25.1 Å².